The fraction of sp³-hybridized carbons (Fsp3) is 0.200. The first kappa shape index (κ1) is 8.96. The van der Waals surface area contributed by atoms with E-state index >= 15 is 0 Å². The predicted molar refractivity (Wildman–Crippen MR) is 47.8 cm³/mol. The van der Waals surface area contributed by atoms with Gasteiger partial charge in [0.2, 0.25) is 0 Å². The van der Waals surface area contributed by atoms with Crippen LogP contribution in [0.5, 0.6) is 0 Å². The zero-order chi connectivity index (χ0) is 8.04. The van der Waals surface area contributed by atoms with Gasteiger partial charge in [-0.05, 0) is 6.42 Å². The van der Waals surface area contributed by atoms with Crippen LogP contribution in [0.2, 0.25) is 0 Å². The first-order valence-corrected chi connectivity index (χ1v) is 3.26. The molecular formula is C10H14. The van der Waals surface area contributed by atoms with Crippen molar-refractivity contribution in [1.82, 2.24) is 0 Å². The highest BCUT2D eigenvalue weighted by Gasteiger charge is 2.14. The van der Waals surface area contributed by atoms with Crippen LogP contribution in [0.3, 0.4) is 0 Å². The van der Waals surface area contributed by atoms with Gasteiger partial charge in [0, 0.05) is 5.41 Å². The van der Waals surface area contributed by atoms with E-state index in [4.69, 9.17) is 0 Å². The fourth-order valence-corrected chi connectivity index (χ4v) is 0.750. The van der Waals surface area contributed by atoms with Gasteiger partial charge in [-0.2, -0.15) is 0 Å². The van der Waals surface area contributed by atoms with Crippen molar-refractivity contribution < 1.29 is 0 Å². The Morgan fingerprint density at radius 1 is 0.900 bits per heavy atom. The summed E-state index contributed by atoms with van der Waals surface area (Å²) in [6.45, 7) is 14.8. The lowest BCUT2D eigenvalue weighted by Gasteiger charge is -2.19. The van der Waals surface area contributed by atoms with Gasteiger partial charge in [-0.25, -0.2) is 0 Å². The van der Waals surface area contributed by atoms with Crippen LogP contribution >= 0.6 is 0 Å². The Hall–Kier alpha value is -1.04. The molecule has 0 unspecified atom stereocenters. The van der Waals surface area contributed by atoms with Gasteiger partial charge in [-0.3, -0.25) is 0 Å². The molecule has 0 bridgehead atoms. The Morgan fingerprint density at radius 3 is 1.40 bits per heavy atom. The van der Waals surface area contributed by atoms with Crippen LogP contribution in [0.25, 0.3) is 0 Å². The second kappa shape index (κ2) is 3.89. The Bertz CT molecular complexity index is 130. The molecule has 0 aromatic rings. The van der Waals surface area contributed by atoms with E-state index in [2.05, 4.69) is 26.3 Å². The summed E-state index contributed by atoms with van der Waals surface area (Å²) in [4.78, 5) is 0. The molecule has 0 fully saturated rings. The maximum Gasteiger partial charge on any atom is 0.0268 e. The van der Waals surface area contributed by atoms with E-state index in [9.17, 15) is 0 Å². The van der Waals surface area contributed by atoms with Gasteiger partial charge in [-0.15, -0.1) is 26.3 Å². The average molecular weight is 134 g/mol. The monoisotopic (exact) mass is 134 g/mol. The number of rotatable bonds is 5. The van der Waals surface area contributed by atoms with Crippen LogP contribution in [-0.2, 0) is 0 Å². The fourth-order valence-electron chi connectivity index (χ4n) is 0.750. The molecule has 0 aliphatic carbocycles. The third-order valence-corrected chi connectivity index (χ3v) is 1.64. The van der Waals surface area contributed by atoms with Crippen LogP contribution in [-0.4, -0.2) is 0 Å². The summed E-state index contributed by atoms with van der Waals surface area (Å²) in [5.74, 6) is 0. The molecule has 0 amide bonds. The second-order valence-electron chi connectivity index (χ2n) is 2.22. The molecule has 54 valence electrons. The lowest BCUT2D eigenvalue weighted by atomic mass is 9.85. The quantitative estimate of drug-likeness (QED) is 0.507. The molecule has 0 rings (SSSR count). The van der Waals surface area contributed by atoms with Gasteiger partial charge in [0.1, 0.15) is 0 Å². The minimum atomic E-state index is -0.151. The SMILES string of the molecule is C=CCC(C=C)(C=C)C=C. The van der Waals surface area contributed by atoms with Crippen molar-refractivity contribution in [2.45, 2.75) is 6.42 Å². The van der Waals surface area contributed by atoms with E-state index < -0.39 is 0 Å². The maximum absolute atomic E-state index is 3.70. The highest BCUT2D eigenvalue weighted by Crippen LogP contribution is 2.26. The largest absolute Gasteiger partial charge is 0.103 e. The van der Waals surface area contributed by atoms with E-state index in [-0.39, 0.29) is 5.41 Å². The minimum Gasteiger partial charge on any atom is -0.103 e. The summed E-state index contributed by atoms with van der Waals surface area (Å²) in [5, 5.41) is 0. The molecule has 0 atom stereocenters. The molecule has 0 aromatic carbocycles. The summed E-state index contributed by atoms with van der Waals surface area (Å²) < 4.78 is 0. The lowest BCUT2D eigenvalue weighted by Crippen LogP contribution is -2.07. The first-order chi connectivity index (χ1) is 4.74. The Morgan fingerprint density at radius 2 is 1.30 bits per heavy atom. The summed E-state index contributed by atoms with van der Waals surface area (Å²) in [5.41, 5.74) is -0.151. The van der Waals surface area contributed by atoms with Gasteiger partial charge in [0.25, 0.3) is 0 Å². The van der Waals surface area contributed by atoms with Gasteiger partial charge >= 0.3 is 0 Å². The Balaban J connectivity index is 4.43. The van der Waals surface area contributed by atoms with Crippen molar-refractivity contribution in [1.29, 1.82) is 0 Å². The van der Waals surface area contributed by atoms with Crippen molar-refractivity contribution in [2.24, 2.45) is 5.41 Å². The van der Waals surface area contributed by atoms with Gasteiger partial charge < -0.3 is 0 Å². The van der Waals surface area contributed by atoms with Gasteiger partial charge in [0.15, 0.2) is 0 Å². The third-order valence-electron chi connectivity index (χ3n) is 1.64. The van der Waals surface area contributed by atoms with E-state index in [0.717, 1.165) is 6.42 Å². The predicted octanol–water partition coefficient (Wildman–Crippen LogP) is 3.11. The van der Waals surface area contributed by atoms with E-state index in [1.54, 1.807) is 0 Å². The van der Waals surface area contributed by atoms with Gasteiger partial charge in [-0.1, -0.05) is 24.3 Å². The standard InChI is InChI=1S/C10H14/c1-5-9-10(6-2,7-3)8-4/h5-8H,1-4,9H2. The molecule has 0 heteroatoms. The summed E-state index contributed by atoms with van der Waals surface area (Å²) >= 11 is 0. The summed E-state index contributed by atoms with van der Waals surface area (Å²) in [7, 11) is 0. The second-order valence-corrected chi connectivity index (χ2v) is 2.22. The van der Waals surface area contributed by atoms with Crippen molar-refractivity contribution >= 4 is 0 Å². The van der Waals surface area contributed by atoms with Gasteiger partial charge in [0.05, 0.1) is 0 Å². The summed E-state index contributed by atoms with van der Waals surface area (Å²) in [6, 6.07) is 0. The van der Waals surface area contributed by atoms with Crippen molar-refractivity contribution in [3.8, 4) is 0 Å². The smallest absolute Gasteiger partial charge is 0.0268 e. The lowest BCUT2D eigenvalue weighted by molar-refractivity contribution is 0.647. The van der Waals surface area contributed by atoms with Crippen LogP contribution in [0.1, 0.15) is 6.42 Å². The molecule has 0 aromatic heterocycles. The highest BCUT2D eigenvalue weighted by atomic mass is 14.2. The molecule has 0 heterocycles. The van der Waals surface area contributed by atoms with Crippen LogP contribution in [0.15, 0.2) is 50.6 Å². The molecular weight excluding hydrogens is 120 g/mol. The van der Waals surface area contributed by atoms with Crippen molar-refractivity contribution in [3.05, 3.63) is 50.6 Å². The Labute approximate surface area is 63.3 Å². The van der Waals surface area contributed by atoms with Crippen molar-refractivity contribution in [3.63, 3.8) is 0 Å². The minimum absolute atomic E-state index is 0.151. The zero-order valence-corrected chi connectivity index (χ0v) is 6.34. The molecule has 0 saturated heterocycles. The molecule has 0 saturated carbocycles. The molecule has 0 spiro atoms. The topological polar surface area (TPSA) is 0 Å². The number of hydrogen-bond donors (Lipinski definition) is 0. The van der Waals surface area contributed by atoms with Crippen LogP contribution < -0.4 is 0 Å². The third kappa shape index (κ3) is 1.73. The summed E-state index contributed by atoms with van der Waals surface area (Å²) in [6.07, 6.45) is 8.15. The first-order valence-electron chi connectivity index (χ1n) is 3.26. The maximum atomic E-state index is 3.70. The van der Waals surface area contributed by atoms with E-state index in [1.165, 1.54) is 0 Å². The molecule has 0 N–H and O–H groups in total. The molecule has 10 heavy (non-hydrogen) atoms. The normalized spacial score (nSPS) is 10.0. The molecule has 0 aliphatic heterocycles. The van der Waals surface area contributed by atoms with E-state index in [1.807, 2.05) is 24.3 Å². The number of allylic oxidation sites excluding steroid dienone is 4. The van der Waals surface area contributed by atoms with Crippen LogP contribution in [0, 0.1) is 5.41 Å². The number of hydrogen-bond acceptors (Lipinski definition) is 0. The van der Waals surface area contributed by atoms with Crippen LogP contribution in [0.4, 0.5) is 0 Å². The highest BCUT2D eigenvalue weighted by molar-refractivity contribution is 5.17. The molecule has 0 radical (unpaired) electrons. The van der Waals surface area contributed by atoms with E-state index in [0.29, 0.717) is 0 Å². The molecule has 0 nitrogen and oxygen atoms in total. The Kier molecular flexibility index (Phi) is 3.48. The van der Waals surface area contributed by atoms with Crippen molar-refractivity contribution in [2.75, 3.05) is 0 Å². The average Bonchev–Trinajstić information content (AvgIpc) is 2.01. The molecule has 0 aliphatic rings. The zero-order valence-electron chi connectivity index (χ0n) is 6.34.